The first-order chi connectivity index (χ1) is 22.6. The summed E-state index contributed by atoms with van der Waals surface area (Å²) in [7, 11) is -3.98. The number of aliphatic hydroxyl groups excluding tert-OH is 1. The molecular formula is C33H34Cl2N6O4S2. The van der Waals surface area contributed by atoms with Gasteiger partial charge in [-0.15, -0.1) is 11.3 Å². The van der Waals surface area contributed by atoms with Gasteiger partial charge in [-0.3, -0.25) is 10.2 Å². The lowest BCUT2D eigenvalue weighted by molar-refractivity contribution is 0.0743. The molecule has 246 valence electrons. The molecule has 4 aromatic rings. The molecule has 3 N–H and O–H groups in total. The highest BCUT2D eigenvalue weighted by atomic mass is 35.5. The van der Waals surface area contributed by atoms with Crippen LogP contribution in [0.15, 0.2) is 54.6 Å². The van der Waals surface area contributed by atoms with Gasteiger partial charge in [0.05, 0.1) is 32.3 Å². The number of aromatic nitrogens is 2. The number of benzene rings is 2. The molecule has 1 amide bonds. The monoisotopic (exact) mass is 712 g/mol. The molecule has 2 saturated heterocycles. The highest BCUT2D eigenvalue weighted by molar-refractivity contribution is 7.87. The maximum Gasteiger partial charge on any atom is 0.286 e. The topological polar surface area (TPSA) is 120 Å². The van der Waals surface area contributed by atoms with Gasteiger partial charge in [-0.05, 0) is 68.7 Å². The van der Waals surface area contributed by atoms with Crippen LogP contribution in [0.5, 0.6) is 0 Å². The fourth-order valence-electron chi connectivity index (χ4n) is 5.57. The van der Waals surface area contributed by atoms with Crippen molar-refractivity contribution in [3.8, 4) is 28.1 Å². The summed E-state index contributed by atoms with van der Waals surface area (Å²) in [4.78, 5) is 15.4. The molecule has 0 aliphatic carbocycles. The van der Waals surface area contributed by atoms with Crippen LogP contribution in [0.25, 0.3) is 16.3 Å². The Kier molecular flexibility index (Phi) is 10.4. The van der Waals surface area contributed by atoms with Crippen LogP contribution in [0.1, 0.15) is 57.7 Å². The van der Waals surface area contributed by atoms with Gasteiger partial charge in [0, 0.05) is 48.9 Å². The fraction of sp³-hybridized carbons (Fsp3) is 0.333. The lowest BCUT2D eigenvalue weighted by Gasteiger charge is -2.26. The summed E-state index contributed by atoms with van der Waals surface area (Å²) in [6.07, 6.45) is 2.62. The van der Waals surface area contributed by atoms with E-state index in [1.807, 2.05) is 48.3 Å². The molecule has 0 spiro atoms. The van der Waals surface area contributed by atoms with Gasteiger partial charge >= 0.3 is 0 Å². The number of carbonyl (C=O) groups excluding carboxylic acids is 1. The van der Waals surface area contributed by atoms with Crippen LogP contribution in [0.4, 0.5) is 0 Å². The van der Waals surface area contributed by atoms with Crippen LogP contribution in [-0.4, -0.2) is 70.8 Å². The van der Waals surface area contributed by atoms with Crippen molar-refractivity contribution in [1.29, 1.82) is 0 Å². The third-order valence-electron chi connectivity index (χ3n) is 8.07. The zero-order valence-corrected chi connectivity index (χ0v) is 28.8. The van der Waals surface area contributed by atoms with Crippen molar-refractivity contribution in [3.05, 3.63) is 91.9 Å². The zero-order chi connectivity index (χ0) is 33.1. The largest absolute Gasteiger partial charge is 0.392 e. The highest BCUT2D eigenvalue weighted by Gasteiger charge is 2.33. The van der Waals surface area contributed by atoms with Crippen LogP contribution in [0.2, 0.25) is 10.0 Å². The van der Waals surface area contributed by atoms with E-state index < -0.39 is 22.2 Å². The minimum atomic E-state index is -3.98. The smallest absolute Gasteiger partial charge is 0.286 e. The molecule has 4 heterocycles. The van der Waals surface area contributed by atoms with Crippen molar-refractivity contribution >= 4 is 50.7 Å². The SMILES string of the molecule is Cc1ccc(C#Cc2ccc(-c3c(CNS(=O)(=O)N4CC[C@@H](O)C4)c(C(=O)NN4CCCCC4)nn3-c3ccc(Cl)cc3Cl)s2)cc1. The standard InChI is InChI=1S/C33H34Cl2N6O4S2/c1-22-5-7-23(8-6-22)9-11-26-12-14-30(46-26)32-27(20-36-47(44,45)40-18-15-25(42)21-40)31(33(43)38-39-16-3-2-4-17-39)37-41(32)29-13-10-24(34)19-28(29)35/h5-8,10,12-14,19,25,36,42H,2-4,15-18,20-21H2,1H3,(H,38,43)/t25-/m1/s1. The van der Waals surface area contributed by atoms with Crippen molar-refractivity contribution in [1.82, 2.24) is 29.2 Å². The van der Waals surface area contributed by atoms with Gasteiger partial charge in [-0.2, -0.15) is 22.5 Å². The summed E-state index contributed by atoms with van der Waals surface area (Å²) in [5.41, 5.74) is 6.39. The van der Waals surface area contributed by atoms with Gasteiger partial charge in [0.1, 0.15) is 0 Å². The second kappa shape index (κ2) is 14.5. The Hall–Kier alpha value is -3.25. The summed E-state index contributed by atoms with van der Waals surface area (Å²) in [6.45, 7) is 3.38. The summed E-state index contributed by atoms with van der Waals surface area (Å²) in [5.74, 6) is 5.95. The van der Waals surface area contributed by atoms with Gasteiger partial charge in [-0.1, -0.05) is 59.2 Å². The lowest BCUT2D eigenvalue weighted by atomic mass is 10.1. The average Bonchev–Trinajstić information content (AvgIpc) is 3.79. The Labute approximate surface area is 288 Å². The van der Waals surface area contributed by atoms with E-state index >= 15 is 0 Å². The molecular weight excluding hydrogens is 679 g/mol. The third kappa shape index (κ3) is 7.91. The molecule has 2 aliphatic heterocycles. The highest BCUT2D eigenvalue weighted by Crippen LogP contribution is 2.37. The average molecular weight is 714 g/mol. The van der Waals surface area contributed by atoms with Gasteiger partial charge in [0.15, 0.2) is 5.69 Å². The number of hydrazine groups is 1. The number of hydrogen-bond donors (Lipinski definition) is 3. The fourth-order valence-corrected chi connectivity index (χ4v) is 8.20. The number of aryl methyl sites for hydroxylation is 1. The zero-order valence-electron chi connectivity index (χ0n) is 25.7. The number of amides is 1. The molecule has 14 heteroatoms. The van der Waals surface area contributed by atoms with Crippen molar-refractivity contribution < 1.29 is 18.3 Å². The Bertz CT molecular complexity index is 1940. The molecule has 47 heavy (non-hydrogen) atoms. The van der Waals surface area contributed by atoms with E-state index in [9.17, 15) is 18.3 Å². The second-order valence-corrected chi connectivity index (χ2v) is 15.3. The molecule has 2 aliphatic rings. The first kappa shape index (κ1) is 33.6. The van der Waals surface area contributed by atoms with E-state index in [-0.39, 0.29) is 25.3 Å². The van der Waals surface area contributed by atoms with Crippen LogP contribution >= 0.6 is 34.5 Å². The molecule has 10 nitrogen and oxygen atoms in total. The minimum Gasteiger partial charge on any atom is -0.392 e. The number of rotatable bonds is 8. The summed E-state index contributed by atoms with van der Waals surface area (Å²) < 4.78 is 32.1. The number of halogens is 2. The summed E-state index contributed by atoms with van der Waals surface area (Å²) in [6, 6.07) is 16.7. The molecule has 2 aromatic heterocycles. The normalized spacial score (nSPS) is 17.4. The summed E-state index contributed by atoms with van der Waals surface area (Å²) in [5, 5.41) is 17.3. The van der Waals surface area contributed by atoms with Crippen LogP contribution < -0.4 is 10.1 Å². The first-order valence-corrected chi connectivity index (χ1v) is 18.3. The van der Waals surface area contributed by atoms with Crippen molar-refractivity contribution in [2.45, 2.75) is 45.3 Å². The number of carbonyl (C=O) groups is 1. The maximum absolute atomic E-state index is 13.9. The van der Waals surface area contributed by atoms with E-state index in [0.717, 1.165) is 35.3 Å². The molecule has 2 aromatic carbocycles. The maximum atomic E-state index is 13.9. The molecule has 2 fully saturated rings. The molecule has 0 unspecified atom stereocenters. The predicted molar refractivity (Wildman–Crippen MR) is 185 cm³/mol. The Morgan fingerprint density at radius 2 is 1.81 bits per heavy atom. The number of β-amino-alcohol motifs (C(OH)–C–C–N with tert-alkyl or cyclic N) is 1. The molecule has 0 radical (unpaired) electrons. The van der Waals surface area contributed by atoms with E-state index in [1.165, 1.54) is 15.6 Å². The number of piperidine rings is 1. The first-order valence-electron chi connectivity index (χ1n) is 15.3. The van der Waals surface area contributed by atoms with E-state index in [2.05, 4.69) is 22.0 Å². The number of nitrogens with one attached hydrogen (secondary N) is 2. The van der Waals surface area contributed by atoms with Gasteiger partial charge in [-0.25, -0.2) is 9.69 Å². The van der Waals surface area contributed by atoms with Crippen LogP contribution in [-0.2, 0) is 16.8 Å². The second-order valence-electron chi connectivity index (χ2n) is 11.6. The quantitative estimate of drug-likeness (QED) is 0.218. The Morgan fingerprint density at radius 1 is 1.04 bits per heavy atom. The number of hydrogen-bond acceptors (Lipinski definition) is 7. The van der Waals surface area contributed by atoms with Crippen molar-refractivity contribution in [2.75, 3.05) is 26.2 Å². The van der Waals surface area contributed by atoms with Crippen molar-refractivity contribution in [2.24, 2.45) is 0 Å². The van der Waals surface area contributed by atoms with Gasteiger partial charge in [0.25, 0.3) is 16.1 Å². The Morgan fingerprint density at radius 3 is 2.51 bits per heavy atom. The molecule has 0 bridgehead atoms. The molecule has 6 rings (SSSR count). The number of nitrogens with zero attached hydrogens (tertiary/aromatic N) is 4. The van der Waals surface area contributed by atoms with Gasteiger partial charge in [0.2, 0.25) is 0 Å². The van der Waals surface area contributed by atoms with E-state index in [4.69, 9.17) is 28.3 Å². The molecule has 1 atom stereocenters. The predicted octanol–water partition coefficient (Wildman–Crippen LogP) is 5.15. The Balaban J connectivity index is 1.45. The van der Waals surface area contributed by atoms with E-state index in [0.29, 0.717) is 51.4 Å². The number of thiophene rings is 1. The van der Waals surface area contributed by atoms with Crippen LogP contribution in [0, 0.1) is 18.8 Å². The third-order valence-corrected chi connectivity index (χ3v) is 11.1. The minimum absolute atomic E-state index is 0.00191. The van der Waals surface area contributed by atoms with Crippen molar-refractivity contribution in [3.63, 3.8) is 0 Å². The lowest BCUT2D eigenvalue weighted by Crippen LogP contribution is -2.45. The molecule has 0 saturated carbocycles. The van der Waals surface area contributed by atoms with E-state index in [1.54, 1.807) is 22.9 Å². The number of aliphatic hydroxyl groups is 1. The van der Waals surface area contributed by atoms with Gasteiger partial charge < -0.3 is 5.11 Å². The van der Waals surface area contributed by atoms with Crippen LogP contribution in [0.3, 0.4) is 0 Å². The summed E-state index contributed by atoms with van der Waals surface area (Å²) >= 11 is 14.3.